The van der Waals surface area contributed by atoms with Crippen LogP contribution in [0.25, 0.3) is 10.9 Å². The van der Waals surface area contributed by atoms with E-state index in [0.29, 0.717) is 0 Å². The van der Waals surface area contributed by atoms with Crippen LogP contribution in [0.5, 0.6) is 0 Å². The van der Waals surface area contributed by atoms with Crippen molar-refractivity contribution in [1.29, 1.82) is 0 Å². The van der Waals surface area contributed by atoms with E-state index < -0.39 is 4.75 Å². The number of para-hydroxylation sites is 1. The van der Waals surface area contributed by atoms with E-state index in [4.69, 9.17) is 4.74 Å². The molecule has 0 fully saturated rings. The number of nitrogens with one attached hydrogen (secondary N) is 1. The topological polar surface area (TPSA) is 42.1 Å². The fourth-order valence-corrected chi connectivity index (χ4v) is 2.81. The van der Waals surface area contributed by atoms with Gasteiger partial charge in [-0.3, -0.25) is 4.79 Å². The number of H-pyrrole nitrogens is 1. The highest BCUT2D eigenvalue weighted by atomic mass is 32.2. The standard InChI is InChI=1S/C13H15NO2S/c1-13(2,12(15)16-3)17-11-8-14-10-7-5-4-6-9(10)11/h4-8,14H,1-3H3. The van der Waals surface area contributed by atoms with Crippen LogP contribution in [0.15, 0.2) is 35.4 Å². The molecular formula is C13H15NO2S. The summed E-state index contributed by atoms with van der Waals surface area (Å²) in [7, 11) is 1.42. The normalized spacial score (nSPS) is 11.7. The third kappa shape index (κ3) is 2.31. The smallest absolute Gasteiger partial charge is 0.321 e. The van der Waals surface area contributed by atoms with Crippen molar-refractivity contribution in [1.82, 2.24) is 4.98 Å². The summed E-state index contributed by atoms with van der Waals surface area (Å²) in [5.41, 5.74) is 1.08. The van der Waals surface area contributed by atoms with E-state index in [2.05, 4.69) is 4.98 Å². The number of carbonyl (C=O) groups excluding carboxylic acids is 1. The van der Waals surface area contributed by atoms with Crippen LogP contribution in [0.3, 0.4) is 0 Å². The van der Waals surface area contributed by atoms with E-state index >= 15 is 0 Å². The molecule has 0 aliphatic heterocycles. The van der Waals surface area contributed by atoms with E-state index in [1.165, 1.54) is 18.9 Å². The molecule has 3 nitrogen and oxygen atoms in total. The lowest BCUT2D eigenvalue weighted by Crippen LogP contribution is -2.28. The van der Waals surface area contributed by atoms with Gasteiger partial charge in [0.15, 0.2) is 0 Å². The molecular weight excluding hydrogens is 234 g/mol. The highest BCUT2D eigenvalue weighted by molar-refractivity contribution is 8.01. The highest BCUT2D eigenvalue weighted by Gasteiger charge is 2.30. The molecule has 0 saturated heterocycles. The van der Waals surface area contributed by atoms with Crippen LogP contribution in [0.4, 0.5) is 0 Å². The first-order chi connectivity index (χ1) is 8.04. The van der Waals surface area contributed by atoms with Crippen molar-refractivity contribution >= 4 is 28.6 Å². The van der Waals surface area contributed by atoms with Gasteiger partial charge in [0, 0.05) is 22.0 Å². The maximum absolute atomic E-state index is 11.6. The average molecular weight is 249 g/mol. The number of aromatic amines is 1. The van der Waals surface area contributed by atoms with Crippen molar-refractivity contribution in [3.63, 3.8) is 0 Å². The number of benzene rings is 1. The molecule has 0 saturated carbocycles. The first kappa shape index (κ1) is 12.0. The minimum Gasteiger partial charge on any atom is -0.468 e. The van der Waals surface area contributed by atoms with Crippen LogP contribution in [-0.2, 0) is 9.53 Å². The van der Waals surface area contributed by atoms with Gasteiger partial charge in [0.1, 0.15) is 4.75 Å². The zero-order chi connectivity index (χ0) is 12.5. The Labute approximate surface area is 105 Å². The van der Waals surface area contributed by atoms with Crippen molar-refractivity contribution in [2.45, 2.75) is 23.5 Å². The van der Waals surface area contributed by atoms with E-state index in [9.17, 15) is 4.79 Å². The van der Waals surface area contributed by atoms with Gasteiger partial charge in [-0.2, -0.15) is 0 Å². The summed E-state index contributed by atoms with van der Waals surface area (Å²) < 4.78 is 4.22. The second-order valence-corrected chi connectivity index (χ2v) is 5.97. The molecule has 0 spiro atoms. The minimum atomic E-state index is -0.584. The van der Waals surface area contributed by atoms with Gasteiger partial charge in [0.25, 0.3) is 0 Å². The molecule has 1 aromatic heterocycles. The molecule has 1 aromatic carbocycles. The van der Waals surface area contributed by atoms with Gasteiger partial charge in [-0.15, -0.1) is 11.8 Å². The van der Waals surface area contributed by atoms with Crippen molar-refractivity contribution in [2.75, 3.05) is 7.11 Å². The third-order valence-electron chi connectivity index (χ3n) is 2.59. The summed E-state index contributed by atoms with van der Waals surface area (Å²) in [6.07, 6.45) is 1.93. The zero-order valence-corrected chi connectivity index (χ0v) is 10.9. The monoisotopic (exact) mass is 249 g/mol. The number of carbonyl (C=O) groups is 1. The van der Waals surface area contributed by atoms with Crippen LogP contribution in [0, 0.1) is 0 Å². The lowest BCUT2D eigenvalue weighted by Gasteiger charge is -2.20. The Hall–Kier alpha value is -1.42. The minimum absolute atomic E-state index is 0.215. The zero-order valence-electron chi connectivity index (χ0n) is 10.1. The first-order valence-corrected chi connectivity index (χ1v) is 6.20. The van der Waals surface area contributed by atoms with Crippen molar-refractivity contribution in [3.8, 4) is 0 Å². The molecule has 1 heterocycles. The van der Waals surface area contributed by atoms with E-state index in [1.807, 2.05) is 44.3 Å². The largest absolute Gasteiger partial charge is 0.468 e. The Morgan fingerprint density at radius 2 is 2.06 bits per heavy atom. The lowest BCUT2D eigenvalue weighted by atomic mass is 10.2. The van der Waals surface area contributed by atoms with Gasteiger partial charge in [-0.25, -0.2) is 0 Å². The fraction of sp³-hybridized carbons (Fsp3) is 0.308. The van der Waals surface area contributed by atoms with Gasteiger partial charge < -0.3 is 9.72 Å². The second kappa shape index (κ2) is 4.45. The predicted octanol–water partition coefficient (Wildman–Crippen LogP) is 3.21. The molecule has 0 unspecified atom stereocenters. The second-order valence-electron chi connectivity index (χ2n) is 4.30. The van der Waals surface area contributed by atoms with Crippen LogP contribution >= 0.6 is 11.8 Å². The number of aromatic nitrogens is 1. The van der Waals surface area contributed by atoms with Gasteiger partial charge in [0.2, 0.25) is 0 Å². The molecule has 0 bridgehead atoms. The molecule has 0 aliphatic rings. The quantitative estimate of drug-likeness (QED) is 0.671. The van der Waals surface area contributed by atoms with Crippen molar-refractivity contribution in [3.05, 3.63) is 30.5 Å². The number of ether oxygens (including phenoxy) is 1. The number of rotatable bonds is 3. The molecule has 17 heavy (non-hydrogen) atoms. The van der Waals surface area contributed by atoms with E-state index in [1.54, 1.807) is 0 Å². The molecule has 2 rings (SSSR count). The summed E-state index contributed by atoms with van der Waals surface area (Å²) >= 11 is 1.51. The number of esters is 1. The maximum Gasteiger partial charge on any atom is 0.321 e. The number of thioether (sulfide) groups is 1. The Morgan fingerprint density at radius 3 is 2.76 bits per heavy atom. The summed E-state index contributed by atoms with van der Waals surface area (Å²) in [5.74, 6) is -0.215. The number of methoxy groups -OCH3 is 1. The summed E-state index contributed by atoms with van der Waals surface area (Å²) in [5, 5.41) is 1.13. The Balaban J connectivity index is 2.33. The molecule has 0 radical (unpaired) electrons. The van der Waals surface area contributed by atoms with Crippen LogP contribution < -0.4 is 0 Å². The van der Waals surface area contributed by atoms with Crippen LogP contribution in [-0.4, -0.2) is 22.8 Å². The summed E-state index contributed by atoms with van der Waals surface area (Å²) in [4.78, 5) is 15.9. The molecule has 90 valence electrons. The molecule has 1 N–H and O–H groups in total. The molecule has 0 atom stereocenters. The van der Waals surface area contributed by atoms with Crippen LogP contribution in [0.1, 0.15) is 13.8 Å². The van der Waals surface area contributed by atoms with Gasteiger partial charge in [-0.1, -0.05) is 18.2 Å². The number of hydrogen-bond acceptors (Lipinski definition) is 3. The number of hydrogen-bond donors (Lipinski definition) is 1. The van der Waals surface area contributed by atoms with Gasteiger partial charge in [-0.05, 0) is 19.9 Å². The number of fused-ring (bicyclic) bond motifs is 1. The van der Waals surface area contributed by atoms with Crippen LogP contribution in [0.2, 0.25) is 0 Å². The molecule has 0 amide bonds. The summed E-state index contributed by atoms with van der Waals surface area (Å²) in [6.45, 7) is 3.73. The van der Waals surface area contributed by atoms with Gasteiger partial charge >= 0.3 is 5.97 Å². The first-order valence-electron chi connectivity index (χ1n) is 5.38. The molecule has 0 aliphatic carbocycles. The SMILES string of the molecule is COC(=O)C(C)(C)Sc1c[nH]c2ccccc12. The maximum atomic E-state index is 11.6. The Bertz CT molecular complexity index is 545. The van der Waals surface area contributed by atoms with Crippen molar-refractivity contribution in [2.24, 2.45) is 0 Å². The van der Waals surface area contributed by atoms with E-state index in [-0.39, 0.29) is 5.97 Å². The predicted molar refractivity (Wildman–Crippen MR) is 70.3 cm³/mol. The highest BCUT2D eigenvalue weighted by Crippen LogP contribution is 2.37. The van der Waals surface area contributed by atoms with Gasteiger partial charge in [0.05, 0.1) is 7.11 Å². The Morgan fingerprint density at radius 1 is 1.35 bits per heavy atom. The Kier molecular flexibility index (Phi) is 3.15. The van der Waals surface area contributed by atoms with Crippen molar-refractivity contribution < 1.29 is 9.53 Å². The fourth-order valence-electron chi connectivity index (χ4n) is 1.69. The molecule has 2 aromatic rings. The third-order valence-corrected chi connectivity index (χ3v) is 3.83. The lowest BCUT2D eigenvalue weighted by molar-refractivity contribution is -0.142. The summed E-state index contributed by atoms with van der Waals surface area (Å²) in [6, 6.07) is 8.04. The van der Waals surface area contributed by atoms with E-state index in [0.717, 1.165) is 15.8 Å². The molecule has 4 heteroatoms. The average Bonchev–Trinajstić information content (AvgIpc) is 2.71.